The predicted octanol–water partition coefficient (Wildman–Crippen LogP) is 14.9. The second-order valence-corrected chi connectivity index (χ2v) is 21.8. The largest absolute Gasteiger partial charge is 0.310 e. The number of para-hydroxylation sites is 4. The number of aromatic nitrogens is 1. The Morgan fingerprint density at radius 1 is 0.426 bits per heavy atom. The molecule has 2 unspecified atom stereocenters. The van der Waals surface area contributed by atoms with E-state index in [2.05, 4.69) is 242 Å². The summed E-state index contributed by atoms with van der Waals surface area (Å²) in [5, 5.41) is 5.01. The highest BCUT2D eigenvalue weighted by atomic mass is 31.2. The van der Waals surface area contributed by atoms with Crippen molar-refractivity contribution in [2.75, 3.05) is 4.90 Å². The maximum atomic E-state index is 17.0. The van der Waals surface area contributed by atoms with Crippen LogP contribution in [0.2, 0.25) is 0 Å². The lowest BCUT2D eigenvalue weighted by Crippen LogP contribution is -2.48. The Balaban J connectivity index is 1.13. The molecule has 1 spiro atoms. The van der Waals surface area contributed by atoms with Gasteiger partial charge in [0.15, 0.2) is 7.14 Å². The first-order chi connectivity index (χ1) is 33.4. The van der Waals surface area contributed by atoms with Gasteiger partial charge in [0.2, 0.25) is 0 Å². The molecule has 4 heteroatoms. The van der Waals surface area contributed by atoms with Crippen LogP contribution in [0.15, 0.2) is 237 Å². The molecule has 3 heterocycles. The minimum atomic E-state index is -3.48. The minimum absolute atomic E-state index is 0.207. The van der Waals surface area contributed by atoms with Gasteiger partial charge < -0.3 is 14.0 Å². The van der Waals surface area contributed by atoms with E-state index in [-0.39, 0.29) is 5.41 Å². The SMILES string of the molecule is CC1(C)c2ccccc2-c2ccc(N(c3ccc4c(c3)C3(c5ccccc5-n5c6ccccc6c6cccc3c65)c3ccccc3P4(=O)c3ccccc3)c3ccccc3-c3ccccc3)cc21. The van der Waals surface area contributed by atoms with E-state index in [0.717, 1.165) is 60.9 Å². The summed E-state index contributed by atoms with van der Waals surface area (Å²) in [7, 11) is -3.48. The van der Waals surface area contributed by atoms with Gasteiger partial charge in [-0.15, -0.1) is 0 Å². The fourth-order valence-corrected chi connectivity index (χ4v) is 15.7. The molecule has 10 aromatic carbocycles. The van der Waals surface area contributed by atoms with Crippen molar-refractivity contribution in [3.8, 4) is 27.9 Å². The van der Waals surface area contributed by atoms with E-state index in [0.29, 0.717) is 0 Å². The molecule has 1 aromatic heterocycles. The maximum absolute atomic E-state index is 17.0. The van der Waals surface area contributed by atoms with E-state index in [1.54, 1.807) is 0 Å². The van der Waals surface area contributed by atoms with Gasteiger partial charge in [-0.2, -0.15) is 0 Å². The van der Waals surface area contributed by atoms with Crippen LogP contribution in [0.5, 0.6) is 0 Å². The van der Waals surface area contributed by atoms with Crippen molar-refractivity contribution < 1.29 is 4.57 Å². The highest BCUT2D eigenvalue weighted by Gasteiger charge is 2.54. The van der Waals surface area contributed by atoms with Crippen LogP contribution in [-0.4, -0.2) is 4.57 Å². The van der Waals surface area contributed by atoms with E-state index >= 15 is 4.57 Å². The highest BCUT2D eigenvalue weighted by molar-refractivity contribution is 7.85. The first-order valence-electron chi connectivity index (χ1n) is 23.6. The predicted molar refractivity (Wildman–Crippen MR) is 283 cm³/mol. The van der Waals surface area contributed by atoms with Gasteiger partial charge in [0.05, 0.1) is 27.8 Å². The summed E-state index contributed by atoms with van der Waals surface area (Å²) >= 11 is 0. The van der Waals surface area contributed by atoms with Gasteiger partial charge in [0.25, 0.3) is 0 Å². The van der Waals surface area contributed by atoms with Gasteiger partial charge in [-0.25, -0.2) is 0 Å². The van der Waals surface area contributed by atoms with Crippen LogP contribution in [0.1, 0.15) is 47.2 Å². The minimum Gasteiger partial charge on any atom is -0.310 e. The Kier molecular flexibility index (Phi) is 8.23. The third-order valence-corrected chi connectivity index (χ3v) is 18.6. The molecule has 322 valence electrons. The number of benzene rings is 10. The summed E-state index contributed by atoms with van der Waals surface area (Å²) in [5.74, 6) is 0. The molecular weight excluding hydrogens is 844 g/mol. The molecule has 3 nitrogen and oxygen atoms in total. The van der Waals surface area contributed by atoms with Gasteiger partial charge in [0.1, 0.15) is 0 Å². The van der Waals surface area contributed by atoms with Gasteiger partial charge in [-0.1, -0.05) is 202 Å². The lowest BCUT2D eigenvalue weighted by Gasteiger charge is -2.48. The number of hydrogen-bond donors (Lipinski definition) is 0. The Labute approximate surface area is 396 Å². The molecule has 0 amide bonds. The van der Waals surface area contributed by atoms with Crippen molar-refractivity contribution in [3.63, 3.8) is 0 Å². The molecule has 14 rings (SSSR count). The fraction of sp³-hybridized carbons (Fsp3) is 0.0625. The van der Waals surface area contributed by atoms with E-state index < -0.39 is 12.6 Å². The molecule has 0 fully saturated rings. The van der Waals surface area contributed by atoms with Crippen LogP contribution in [0.4, 0.5) is 17.1 Å². The van der Waals surface area contributed by atoms with Crippen LogP contribution in [0.3, 0.4) is 0 Å². The van der Waals surface area contributed by atoms with Gasteiger partial charge in [0, 0.05) is 49.0 Å². The monoisotopic (exact) mass is 888 g/mol. The third kappa shape index (κ3) is 5.07. The number of rotatable bonds is 5. The summed E-state index contributed by atoms with van der Waals surface area (Å²) < 4.78 is 19.5. The maximum Gasteiger partial charge on any atom is 0.171 e. The van der Waals surface area contributed by atoms with Crippen molar-refractivity contribution in [1.29, 1.82) is 0 Å². The van der Waals surface area contributed by atoms with E-state index in [1.165, 1.54) is 55.2 Å². The average Bonchev–Trinajstić information content (AvgIpc) is 3.86. The quantitative estimate of drug-likeness (QED) is 0.161. The number of nitrogens with zero attached hydrogens (tertiary/aromatic N) is 2. The molecule has 0 saturated heterocycles. The molecular formula is C64H45N2OP. The summed E-state index contributed by atoms with van der Waals surface area (Å²) in [6.07, 6.45) is 0. The van der Waals surface area contributed by atoms with Crippen LogP contribution < -0.4 is 20.8 Å². The Hall–Kier alpha value is -7.97. The lowest BCUT2D eigenvalue weighted by molar-refractivity contribution is 0.590. The fourth-order valence-electron chi connectivity index (χ4n) is 12.6. The van der Waals surface area contributed by atoms with Crippen molar-refractivity contribution >= 4 is 61.9 Å². The summed E-state index contributed by atoms with van der Waals surface area (Å²) in [6.45, 7) is 4.70. The number of hydrogen-bond acceptors (Lipinski definition) is 2. The van der Waals surface area contributed by atoms with Gasteiger partial charge >= 0.3 is 0 Å². The van der Waals surface area contributed by atoms with Crippen molar-refractivity contribution in [1.82, 2.24) is 4.57 Å². The molecule has 0 bridgehead atoms. The van der Waals surface area contributed by atoms with Crippen LogP contribution in [0.25, 0.3) is 49.7 Å². The summed E-state index contributed by atoms with van der Waals surface area (Å²) in [5.41, 5.74) is 17.5. The van der Waals surface area contributed by atoms with Crippen molar-refractivity contribution in [3.05, 3.63) is 270 Å². The smallest absolute Gasteiger partial charge is 0.171 e. The standard InChI is InChI=1S/C64H45N2OP/c1-63(2)51-28-12-9-25-47(51)48-38-36-43(40-55(48)63)65(57-32-15-10-24-46(57)42-20-5-3-6-21-42)44-37-39-61-56(41-44)64(53-30-14-18-35-60(53)68(61,67)45-22-7-4-8-23-45)52-29-13-17-34-59(52)66-58-33-16-11-26-49(58)50-27-19-31-54(64)62(50)66/h3-41H,1-2H3. The molecule has 0 saturated carbocycles. The average molecular weight is 889 g/mol. The first-order valence-corrected chi connectivity index (χ1v) is 25.3. The molecule has 0 N–H and O–H groups in total. The second kappa shape index (κ2) is 14.3. The zero-order chi connectivity index (χ0) is 45.4. The Bertz CT molecular complexity index is 3940. The highest BCUT2D eigenvalue weighted by Crippen LogP contribution is 2.62. The Morgan fingerprint density at radius 2 is 1.00 bits per heavy atom. The zero-order valence-corrected chi connectivity index (χ0v) is 38.7. The molecule has 0 radical (unpaired) electrons. The number of fused-ring (bicyclic) bond motifs is 14. The van der Waals surface area contributed by atoms with Crippen molar-refractivity contribution in [2.24, 2.45) is 0 Å². The normalized spacial score (nSPS) is 17.9. The molecule has 3 aliphatic rings. The van der Waals surface area contributed by atoms with Crippen LogP contribution >= 0.6 is 7.14 Å². The molecule has 68 heavy (non-hydrogen) atoms. The summed E-state index contributed by atoms with van der Waals surface area (Å²) in [4.78, 5) is 2.45. The van der Waals surface area contributed by atoms with Crippen LogP contribution in [0, 0.1) is 0 Å². The second-order valence-electron chi connectivity index (χ2n) is 19.1. The Morgan fingerprint density at radius 3 is 1.82 bits per heavy atom. The van der Waals surface area contributed by atoms with E-state index in [4.69, 9.17) is 0 Å². The molecule has 11 aromatic rings. The lowest BCUT2D eigenvalue weighted by atomic mass is 9.62. The van der Waals surface area contributed by atoms with Crippen molar-refractivity contribution in [2.45, 2.75) is 24.7 Å². The van der Waals surface area contributed by atoms with Crippen LogP contribution in [-0.2, 0) is 15.4 Å². The topological polar surface area (TPSA) is 25.2 Å². The number of anilines is 3. The summed E-state index contributed by atoms with van der Waals surface area (Å²) in [6, 6.07) is 85.7. The van der Waals surface area contributed by atoms with E-state index in [9.17, 15) is 0 Å². The van der Waals surface area contributed by atoms with Gasteiger partial charge in [-0.3, -0.25) is 0 Å². The molecule has 2 atom stereocenters. The zero-order valence-electron chi connectivity index (χ0n) is 37.8. The first kappa shape index (κ1) is 39.2. The molecule has 1 aliphatic carbocycles. The molecule has 2 aliphatic heterocycles. The van der Waals surface area contributed by atoms with Gasteiger partial charge in [-0.05, 0) is 98.6 Å². The van der Waals surface area contributed by atoms with E-state index in [1.807, 2.05) is 18.2 Å². The third-order valence-electron chi connectivity index (χ3n) is 15.5.